The van der Waals surface area contributed by atoms with Crippen molar-refractivity contribution in [3.8, 4) is 0 Å². The highest BCUT2D eigenvalue weighted by Gasteiger charge is 2.16. The molecule has 1 aromatic carbocycles. The molecule has 0 aliphatic rings. The molecule has 0 saturated heterocycles. The summed E-state index contributed by atoms with van der Waals surface area (Å²) < 4.78 is 0. The molecular formula is C13H18N2O. The molecule has 0 saturated carbocycles. The van der Waals surface area contributed by atoms with Crippen LogP contribution in [0.5, 0.6) is 0 Å². The highest BCUT2D eigenvalue weighted by atomic mass is 16.1. The lowest BCUT2D eigenvalue weighted by Crippen LogP contribution is -2.30. The second-order valence-corrected chi connectivity index (χ2v) is 3.58. The van der Waals surface area contributed by atoms with Crippen LogP contribution in [0.15, 0.2) is 35.3 Å². The van der Waals surface area contributed by atoms with E-state index >= 15 is 0 Å². The maximum absolute atomic E-state index is 10.2. The molecule has 0 aromatic heterocycles. The van der Waals surface area contributed by atoms with Crippen molar-refractivity contribution in [3.63, 3.8) is 0 Å². The number of likely N-dealkylation sites (N-methyl/N-ethyl adjacent to an activating group) is 1. The summed E-state index contributed by atoms with van der Waals surface area (Å²) in [5, 5.41) is 0. The van der Waals surface area contributed by atoms with Crippen LogP contribution in [0.1, 0.15) is 25.5 Å². The van der Waals surface area contributed by atoms with E-state index < -0.39 is 0 Å². The molecule has 16 heavy (non-hydrogen) atoms. The summed E-state index contributed by atoms with van der Waals surface area (Å²) >= 11 is 0. The first-order valence-electron chi connectivity index (χ1n) is 5.66. The maximum atomic E-state index is 10.2. The van der Waals surface area contributed by atoms with Crippen molar-refractivity contribution in [2.24, 2.45) is 4.99 Å². The summed E-state index contributed by atoms with van der Waals surface area (Å²) in [5.41, 5.74) is 1.20. The van der Waals surface area contributed by atoms with Gasteiger partial charge in [-0.05, 0) is 18.7 Å². The van der Waals surface area contributed by atoms with Gasteiger partial charge in [0.15, 0.2) is 0 Å². The molecule has 0 spiro atoms. The minimum Gasteiger partial charge on any atom is -0.295 e. The van der Waals surface area contributed by atoms with E-state index in [1.165, 1.54) is 5.56 Å². The van der Waals surface area contributed by atoms with Crippen LogP contribution in [0.4, 0.5) is 0 Å². The number of hydrogen-bond donors (Lipinski definition) is 0. The number of isocyanates is 1. The van der Waals surface area contributed by atoms with Crippen LogP contribution in [0.3, 0.4) is 0 Å². The Balaban J connectivity index is 2.90. The third kappa shape index (κ3) is 3.30. The van der Waals surface area contributed by atoms with E-state index in [0.29, 0.717) is 6.54 Å². The van der Waals surface area contributed by atoms with Crippen molar-refractivity contribution in [1.82, 2.24) is 4.90 Å². The van der Waals surface area contributed by atoms with Crippen molar-refractivity contribution in [2.45, 2.75) is 19.9 Å². The van der Waals surface area contributed by atoms with Crippen LogP contribution in [-0.4, -0.2) is 30.6 Å². The predicted octanol–water partition coefficient (Wildman–Crippen LogP) is 2.41. The lowest BCUT2D eigenvalue weighted by Gasteiger charge is -2.28. The summed E-state index contributed by atoms with van der Waals surface area (Å²) in [6, 6.07) is 10.3. The highest BCUT2D eigenvalue weighted by Crippen LogP contribution is 2.20. The molecule has 0 aliphatic carbocycles. The summed E-state index contributed by atoms with van der Waals surface area (Å²) in [5.74, 6) is 0. The molecule has 1 aromatic rings. The Morgan fingerprint density at radius 2 is 1.88 bits per heavy atom. The number of benzene rings is 1. The molecule has 0 bridgehead atoms. The SMILES string of the molecule is CCN(CC)C(CN=C=O)c1ccccc1. The Labute approximate surface area is 96.8 Å². The zero-order valence-corrected chi connectivity index (χ0v) is 9.89. The zero-order valence-electron chi connectivity index (χ0n) is 9.89. The van der Waals surface area contributed by atoms with Crippen LogP contribution in [0.25, 0.3) is 0 Å². The van der Waals surface area contributed by atoms with Crippen LogP contribution in [0.2, 0.25) is 0 Å². The molecule has 0 N–H and O–H groups in total. The van der Waals surface area contributed by atoms with E-state index in [4.69, 9.17) is 0 Å². The normalized spacial score (nSPS) is 12.2. The van der Waals surface area contributed by atoms with Gasteiger partial charge in [-0.2, -0.15) is 0 Å². The zero-order chi connectivity index (χ0) is 11.8. The van der Waals surface area contributed by atoms with Crippen molar-refractivity contribution >= 4 is 6.08 Å². The van der Waals surface area contributed by atoms with E-state index in [9.17, 15) is 4.79 Å². The smallest absolute Gasteiger partial charge is 0.235 e. The van der Waals surface area contributed by atoms with E-state index in [1.807, 2.05) is 18.2 Å². The maximum Gasteiger partial charge on any atom is 0.235 e. The monoisotopic (exact) mass is 218 g/mol. The average Bonchev–Trinajstić information content (AvgIpc) is 2.35. The first-order valence-corrected chi connectivity index (χ1v) is 5.66. The molecule has 1 atom stereocenters. The van der Waals surface area contributed by atoms with Gasteiger partial charge in [0.05, 0.1) is 12.6 Å². The van der Waals surface area contributed by atoms with Gasteiger partial charge in [0.1, 0.15) is 0 Å². The third-order valence-electron chi connectivity index (χ3n) is 2.77. The second kappa shape index (κ2) is 6.94. The van der Waals surface area contributed by atoms with Crippen LogP contribution < -0.4 is 0 Å². The van der Waals surface area contributed by atoms with Crippen molar-refractivity contribution < 1.29 is 4.79 Å². The summed E-state index contributed by atoms with van der Waals surface area (Å²) in [6.45, 7) is 6.61. The van der Waals surface area contributed by atoms with Crippen molar-refractivity contribution in [3.05, 3.63) is 35.9 Å². The molecule has 1 rings (SSSR count). The van der Waals surface area contributed by atoms with Crippen molar-refractivity contribution in [1.29, 1.82) is 0 Å². The average molecular weight is 218 g/mol. The Kier molecular flexibility index (Phi) is 5.48. The largest absolute Gasteiger partial charge is 0.295 e. The molecule has 0 radical (unpaired) electrons. The minimum atomic E-state index is 0.178. The van der Waals surface area contributed by atoms with Gasteiger partial charge < -0.3 is 0 Å². The third-order valence-corrected chi connectivity index (χ3v) is 2.77. The molecule has 3 heteroatoms. The fraction of sp³-hybridized carbons (Fsp3) is 0.462. The number of aliphatic imine (C=N–C) groups is 1. The molecule has 1 unspecified atom stereocenters. The molecular weight excluding hydrogens is 200 g/mol. The van der Waals surface area contributed by atoms with Gasteiger partial charge in [-0.1, -0.05) is 44.2 Å². The fourth-order valence-electron chi connectivity index (χ4n) is 1.90. The number of nitrogens with zero attached hydrogens (tertiary/aromatic N) is 2. The number of hydrogen-bond acceptors (Lipinski definition) is 3. The van der Waals surface area contributed by atoms with Gasteiger partial charge in [0.25, 0.3) is 0 Å². The van der Waals surface area contributed by atoms with Crippen LogP contribution >= 0.6 is 0 Å². The highest BCUT2D eigenvalue weighted by molar-refractivity contribution is 5.33. The standard InChI is InChI=1S/C13H18N2O/c1-3-15(4-2)13(10-14-11-16)12-8-6-5-7-9-12/h5-9,13H,3-4,10H2,1-2H3. The Hall–Kier alpha value is -1.44. The second-order valence-electron chi connectivity index (χ2n) is 3.58. The van der Waals surface area contributed by atoms with Gasteiger partial charge in [-0.3, -0.25) is 4.90 Å². The van der Waals surface area contributed by atoms with Gasteiger partial charge >= 0.3 is 0 Å². The van der Waals surface area contributed by atoms with E-state index in [-0.39, 0.29) is 6.04 Å². The van der Waals surface area contributed by atoms with E-state index in [2.05, 4.69) is 35.9 Å². The number of carbonyl (C=O) groups excluding carboxylic acids is 1. The molecule has 0 heterocycles. The molecule has 3 nitrogen and oxygen atoms in total. The quantitative estimate of drug-likeness (QED) is 0.542. The van der Waals surface area contributed by atoms with Crippen LogP contribution in [0, 0.1) is 0 Å². The summed E-state index contributed by atoms with van der Waals surface area (Å²) in [4.78, 5) is 16.2. The first kappa shape index (κ1) is 12.6. The Morgan fingerprint density at radius 3 is 2.38 bits per heavy atom. The summed E-state index contributed by atoms with van der Waals surface area (Å²) in [6.07, 6.45) is 1.62. The molecule has 0 fully saturated rings. The molecule has 0 amide bonds. The van der Waals surface area contributed by atoms with Gasteiger partial charge in [0, 0.05) is 0 Å². The topological polar surface area (TPSA) is 32.7 Å². The Morgan fingerprint density at radius 1 is 1.25 bits per heavy atom. The van der Waals surface area contributed by atoms with Gasteiger partial charge in [-0.25, -0.2) is 9.79 Å². The van der Waals surface area contributed by atoms with Gasteiger partial charge in [0.2, 0.25) is 6.08 Å². The lowest BCUT2D eigenvalue weighted by atomic mass is 10.1. The molecule has 86 valence electrons. The minimum absolute atomic E-state index is 0.178. The fourth-order valence-corrected chi connectivity index (χ4v) is 1.90. The first-order chi connectivity index (χ1) is 7.83. The molecule has 0 aliphatic heterocycles. The van der Waals surface area contributed by atoms with Gasteiger partial charge in [-0.15, -0.1) is 0 Å². The lowest BCUT2D eigenvalue weighted by molar-refractivity contribution is 0.224. The number of rotatable bonds is 6. The van der Waals surface area contributed by atoms with E-state index in [0.717, 1.165) is 13.1 Å². The predicted molar refractivity (Wildman–Crippen MR) is 65.1 cm³/mol. The summed E-state index contributed by atoms with van der Waals surface area (Å²) in [7, 11) is 0. The van der Waals surface area contributed by atoms with Crippen LogP contribution in [-0.2, 0) is 4.79 Å². The van der Waals surface area contributed by atoms with Crippen molar-refractivity contribution in [2.75, 3.05) is 19.6 Å². The Bertz CT molecular complexity index is 340. The van der Waals surface area contributed by atoms with E-state index in [1.54, 1.807) is 6.08 Å².